The van der Waals surface area contributed by atoms with Crippen molar-refractivity contribution in [2.75, 3.05) is 51.2 Å². The fourth-order valence-electron chi connectivity index (χ4n) is 4.62. The predicted octanol–water partition coefficient (Wildman–Crippen LogP) is 2.69. The number of alkyl halides is 3. The van der Waals surface area contributed by atoms with Crippen molar-refractivity contribution in [2.24, 2.45) is 0 Å². The van der Waals surface area contributed by atoms with Crippen molar-refractivity contribution in [3.63, 3.8) is 0 Å². The number of hydrogen-bond acceptors (Lipinski definition) is 5. The topological polar surface area (TPSA) is 53.1 Å². The first-order chi connectivity index (χ1) is 14.6. The van der Waals surface area contributed by atoms with Gasteiger partial charge in [0.25, 0.3) is 5.91 Å². The van der Waals surface area contributed by atoms with E-state index < -0.39 is 23.3 Å². The van der Waals surface area contributed by atoms with Gasteiger partial charge in [0.2, 0.25) is 0 Å². The lowest BCUT2D eigenvalue weighted by Crippen LogP contribution is -2.53. The molecule has 1 aromatic rings. The van der Waals surface area contributed by atoms with E-state index in [-0.39, 0.29) is 5.91 Å². The summed E-state index contributed by atoms with van der Waals surface area (Å²) in [5.41, 5.74) is 0.0479. The number of piperazine rings is 1. The summed E-state index contributed by atoms with van der Waals surface area (Å²) in [6.07, 6.45) is -3.17. The summed E-state index contributed by atoms with van der Waals surface area (Å²) in [6, 6.07) is 5.08. The van der Waals surface area contributed by atoms with Crippen LogP contribution in [0.25, 0.3) is 0 Å². The van der Waals surface area contributed by atoms with Gasteiger partial charge in [0.15, 0.2) is 0 Å². The number of anilines is 1. The Kier molecular flexibility index (Phi) is 5.49. The first kappa shape index (κ1) is 21.7. The van der Waals surface area contributed by atoms with E-state index in [0.29, 0.717) is 55.9 Å². The Morgan fingerprint density at radius 3 is 2.13 bits per heavy atom. The largest absolute Gasteiger partial charge is 0.450 e. The number of carbonyl (C=O) groups excluding carboxylic acids is 2. The molecule has 9 heteroatoms. The highest BCUT2D eigenvalue weighted by atomic mass is 19.4. The SMILES string of the molecule is CC1=C(C(=O)N2CCN(c3ccc(C(F)(F)F)cc3)CC2)C2(CCN(C)CC2)OC1=O. The lowest BCUT2D eigenvalue weighted by atomic mass is 9.82. The number of ether oxygens (including phenoxy) is 1. The third-order valence-corrected chi connectivity index (χ3v) is 6.56. The Balaban J connectivity index is 1.45. The smallest absolute Gasteiger partial charge is 0.416 e. The summed E-state index contributed by atoms with van der Waals surface area (Å²) < 4.78 is 44.1. The molecule has 0 N–H and O–H groups in total. The Bertz CT molecular complexity index is 895. The Morgan fingerprint density at radius 2 is 1.58 bits per heavy atom. The van der Waals surface area contributed by atoms with Crippen LogP contribution in [0.4, 0.5) is 18.9 Å². The minimum absolute atomic E-state index is 0.167. The number of carbonyl (C=O) groups is 2. The van der Waals surface area contributed by atoms with Gasteiger partial charge in [-0.2, -0.15) is 13.2 Å². The molecule has 0 saturated carbocycles. The molecule has 0 aliphatic carbocycles. The van der Waals surface area contributed by atoms with Crippen LogP contribution < -0.4 is 4.90 Å². The van der Waals surface area contributed by atoms with E-state index in [4.69, 9.17) is 4.74 Å². The highest BCUT2D eigenvalue weighted by Gasteiger charge is 2.51. The summed E-state index contributed by atoms with van der Waals surface area (Å²) in [4.78, 5) is 31.5. The maximum atomic E-state index is 13.4. The summed E-state index contributed by atoms with van der Waals surface area (Å²) >= 11 is 0. The van der Waals surface area contributed by atoms with E-state index in [1.54, 1.807) is 11.8 Å². The summed E-state index contributed by atoms with van der Waals surface area (Å²) in [5.74, 6) is -0.587. The number of halogens is 3. The number of benzene rings is 1. The summed E-state index contributed by atoms with van der Waals surface area (Å²) in [6.45, 7) is 5.03. The fraction of sp³-hybridized carbons (Fsp3) is 0.545. The van der Waals surface area contributed by atoms with Crippen molar-refractivity contribution in [3.8, 4) is 0 Å². The highest BCUT2D eigenvalue weighted by molar-refractivity contribution is 6.07. The first-order valence-electron chi connectivity index (χ1n) is 10.5. The summed E-state index contributed by atoms with van der Waals surface area (Å²) in [7, 11) is 2.00. The van der Waals surface area contributed by atoms with Crippen molar-refractivity contribution in [2.45, 2.75) is 31.5 Å². The van der Waals surface area contributed by atoms with E-state index in [1.807, 2.05) is 11.9 Å². The second kappa shape index (κ2) is 7.85. The van der Waals surface area contributed by atoms with Crippen LogP contribution in [-0.4, -0.2) is 73.6 Å². The highest BCUT2D eigenvalue weighted by Crippen LogP contribution is 2.41. The minimum Gasteiger partial charge on any atom is -0.450 e. The first-order valence-corrected chi connectivity index (χ1v) is 10.5. The van der Waals surface area contributed by atoms with Crippen LogP contribution in [0.3, 0.4) is 0 Å². The van der Waals surface area contributed by atoms with Gasteiger partial charge in [0, 0.05) is 63.4 Å². The average Bonchev–Trinajstić information content (AvgIpc) is 2.99. The van der Waals surface area contributed by atoms with E-state index in [0.717, 1.165) is 25.2 Å². The van der Waals surface area contributed by atoms with Gasteiger partial charge in [-0.1, -0.05) is 0 Å². The average molecular weight is 437 g/mol. The predicted molar refractivity (Wildman–Crippen MR) is 108 cm³/mol. The molecule has 3 aliphatic heterocycles. The molecule has 168 valence electrons. The lowest BCUT2D eigenvalue weighted by Gasteiger charge is -2.41. The van der Waals surface area contributed by atoms with Gasteiger partial charge >= 0.3 is 12.1 Å². The molecule has 0 atom stereocenters. The van der Waals surface area contributed by atoms with Gasteiger partial charge in [-0.25, -0.2) is 4.79 Å². The molecule has 4 rings (SSSR count). The third-order valence-electron chi connectivity index (χ3n) is 6.56. The van der Waals surface area contributed by atoms with Gasteiger partial charge < -0.3 is 19.4 Å². The zero-order chi connectivity index (χ0) is 22.4. The maximum Gasteiger partial charge on any atom is 0.416 e. The Labute approximate surface area is 179 Å². The molecule has 6 nitrogen and oxygen atoms in total. The number of piperidine rings is 1. The summed E-state index contributed by atoms with van der Waals surface area (Å²) in [5, 5.41) is 0. The number of amides is 1. The zero-order valence-electron chi connectivity index (χ0n) is 17.7. The third kappa shape index (κ3) is 4.03. The van der Waals surface area contributed by atoms with Crippen LogP contribution in [0.15, 0.2) is 35.4 Å². The molecular formula is C22H26F3N3O3. The number of esters is 1. The van der Waals surface area contributed by atoms with Crippen LogP contribution in [0.2, 0.25) is 0 Å². The molecular weight excluding hydrogens is 411 g/mol. The fourth-order valence-corrected chi connectivity index (χ4v) is 4.62. The molecule has 0 aromatic heterocycles. The second-order valence-corrected chi connectivity index (χ2v) is 8.51. The Hall–Kier alpha value is -2.55. The number of hydrogen-bond donors (Lipinski definition) is 0. The van der Waals surface area contributed by atoms with Gasteiger partial charge in [0.1, 0.15) is 5.60 Å². The lowest BCUT2D eigenvalue weighted by molar-refractivity contribution is -0.151. The van der Waals surface area contributed by atoms with Crippen LogP contribution in [0.5, 0.6) is 0 Å². The molecule has 2 fully saturated rings. The van der Waals surface area contributed by atoms with Crippen LogP contribution in [0.1, 0.15) is 25.3 Å². The van der Waals surface area contributed by atoms with Crippen molar-refractivity contribution in [1.29, 1.82) is 0 Å². The van der Waals surface area contributed by atoms with Gasteiger partial charge in [-0.15, -0.1) is 0 Å². The van der Waals surface area contributed by atoms with E-state index in [1.165, 1.54) is 12.1 Å². The number of rotatable bonds is 2. The molecule has 0 unspecified atom stereocenters. The molecule has 0 bridgehead atoms. The Morgan fingerprint density at radius 1 is 1.00 bits per heavy atom. The molecule has 1 aromatic carbocycles. The van der Waals surface area contributed by atoms with Gasteiger partial charge in [-0.05, 0) is 38.2 Å². The van der Waals surface area contributed by atoms with Crippen LogP contribution in [0, 0.1) is 0 Å². The van der Waals surface area contributed by atoms with Crippen LogP contribution in [-0.2, 0) is 20.5 Å². The molecule has 2 saturated heterocycles. The zero-order valence-corrected chi connectivity index (χ0v) is 17.7. The molecule has 3 aliphatic rings. The van der Waals surface area contributed by atoms with Gasteiger partial charge in [0.05, 0.1) is 11.1 Å². The van der Waals surface area contributed by atoms with Crippen molar-refractivity contribution in [3.05, 3.63) is 41.0 Å². The minimum atomic E-state index is -4.36. The molecule has 0 radical (unpaired) electrons. The molecule has 1 amide bonds. The molecule has 1 spiro atoms. The van der Waals surface area contributed by atoms with E-state index in [9.17, 15) is 22.8 Å². The van der Waals surface area contributed by atoms with Gasteiger partial charge in [-0.3, -0.25) is 4.79 Å². The standard InChI is InChI=1S/C22H26F3N3O3/c1-15-18(21(31-20(15)30)7-9-26(2)10-8-21)19(29)28-13-11-27(12-14-28)17-5-3-16(4-6-17)22(23,24)25/h3-6H,7-14H2,1-2H3. The maximum absolute atomic E-state index is 13.4. The number of likely N-dealkylation sites (tertiary alicyclic amines) is 1. The number of nitrogens with zero attached hydrogens (tertiary/aromatic N) is 3. The van der Waals surface area contributed by atoms with Crippen molar-refractivity contribution < 1.29 is 27.5 Å². The van der Waals surface area contributed by atoms with Crippen molar-refractivity contribution >= 4 is 17.6 Å². The quantitative estimate of drug-likeness (QED) is 0.666. The monoisotopic (exact) mass is 437 g/mol. The molecule has 31 heavy (non-hydrogen) atoms. The van der Waals surface area contributed by atoms with Crippen molar-refractivity contribution in [1.82, 2.24) is 9.80 Å². The second-order valence-electron chi connectivity index (χ2n) is 8.51. The van der Waals surface area contributed by atoms with E-state index in [2.05, 4.69) is 4.90 Å². The van der Waals surface area contributed by atoms with Crippen LogP contribution >= 0.6 is 0 Å². The molecule has 3 heterocycles. The van der Waals surface area contributed by atoms with E-state index >= 15 is 0 Å². The normalized spacial score (nSPS) is 22.3.